The number of rotatable bonds is 10. The van der Waals surface area contributed by atoms with Gasteiger partial charge >= 0.3 is 12.2 Å². The normalized spacial score (nSPS) is 18.5. The molecule has 2 unspecified atom stereocenters. The number of methoxy groups -OCH3 is 2. The molecule has 14 heteroatoms. The minimum absolute atomic E-state index is 0.0930. The van der Waals surface area contributed by atoms with Gasteiger partial charge in [-0.25, -0.2) is 30.0 Å². The number of amides is 4. The third kappa shape index (κ3) is 8.81. The van der Waals surface area contributed by atoms with Gasteiger partial charge in [-0.2, -0.15) is 0 Å². The average molecular weight is 803 g/mol. The fraction of sp³-hybridized carbons (Fsp3) is 0.422. The van der Waals surface area contributed by atoms with Crippen LogP contribution >= 0.6 is 0 Å². The first-order valence-corrected chi connectivity index (χ1v) is 20.5. The van der Waals surface area contributed by atoms with Crippen molar-refractivity contribution in [2.75, 3.05) is 20.8 Å². The van der Waals surface area contributed by atoms with Gasteiger partial charge < -0.3 is 29.7 Å². The van der Waals surface area contributed by atoms with Gasteiger partial charge in [0.1, 0.15) is 17.7 Å². The molecular weight excluding hydrogens is 749 g/mol. The minimum atomic E-state index is -0.687. The third-order valence-corrected chi connectivity index (χ3v) is 11.7. The van der Waals surface area contributed by atoms with E-state index in [4.69, 9.17) is 19.4 Å². The third-order valence-electron chi connectivity index (χ3n) is 11.7. The summed E-state index contributed by atoms with van der Waals surface area (Å²) in [7, 11) is 2.58. The molecule has 3 aromatic carbocycles. The average Bonchev–Trinajstić information content (AvgIpc) is 4.06. The van der Waals surface area contributed by atoms with Gasteiger partial charge in [-0.05, 0) is 85.0 Å². The van der Waals surface area contributed by atoms with E-state index in [-0.39, 0.29) is 41.7 Å². The number of hydrogen-bond acceptors (Lipinski definition) is 8. The number of hydrogen-bond donors (Lipinski definition) is 4. The van der Waals surface area contributed by atoms with E-state index in [1.54, 1.807) is 0 Å². The highest BCUT2D eigenvalue weighted by Crippen LogP contribution is 2.39. The van der Waals surface area contributed by atoms with Gasteiger partial charge in [-0.3, -0.25) is 9.59 Å². The number of alkyl carbamates (subject to hydrolysis) is 1. The zero-order chi connectivity index (χ0) is 41.8. The molecule has 2 aliphatic rings. The number of fused-ring (bicyclic) bond motifs is 1. The fourth-order valence-electron chi connectivity index (χ4n) is 8.47. The number of carbonyl (C=O) groups is 4. The Bertz CT molecular complexity index is 2300. The lowest BCUT2D eigenvalue weighted by Crippen LogP contribution is -2.53. The van der Waals surface area contributed by atoms with Crippen molar-refractivity contribution >= 4 is 34.8 Å². The Hall–Kier alpha value is -6.18. The van der Waals surface area contributed by atoms with Crippen LogP contribution in [0.1, 0.15) is 89.8 Å². The molecule has 0 spiro atoms. The molecule has 1 aliphatic heterocycles. The number of imidazole rings is 2. The Kier molecular flexibility index (Phi) is 12.3. The summed E-state index contributed by atoms with van der Waals surface area (Å²) in [4.78, 5) is 69.5. The van der Waals surface area contributed by atoms with E-state index in [2.05, 4.69) is 81.4 Å². The van der Waals surface area contributed by atoms with Crippen molar-refractivity contribution < 1.29 is 28.7 Å². The summed E-state index contributed by atoms with van der Waals surface area (Å²) in [6.45, 7) is 8.13. The predicted molar refractivity (Wildman–Crippen MR) is 225 cm³/mol. The lowest BCUT2D eigenvalue weighted by Gasteiger charge is -2.35. The first kappa shape index (κ1) is 41.0. The number of likely N-dealkylation sites (tertiary alicyclic amines) is 1. The van der Waals surface area contributed by atoms with Crippen LogP contribution in [0.25, 0.3) is 44.4 Å². The molecule has 2 fully saturated rings. The van der Waals surface area contributed by atoms with Crippen LogP contribution in [0.5, 0.6) is 0 Å². The largest absolute Gasteiger partial charge is 0.453 e. The number of nitrogens with zero attached hydrogens (tertiary/aromatic N) is 4. The summed E-state index contributed by atoms with van der Waals surface area (Å²) >= 11 is 0. The molecule has 2 aromatic heterocycles. The molecule has 310 valence electrons. The number of aromatic amines is 2. The number of aromatic nitrogens is 4. The summed E-state index contributed by atoms with van der Waals surface area (Å²) in [5, 5.41) is 6.28. The summed E-state index contributed by atoms with van der Waals surface area (Å²) < 4.78 is 9.53. The van der Waals surface area contributed by atoms with E-state index in [1.165, 1.54) is 19.2 Å². The summed E-state index contributed by atoms with van der Waals surface area (Å²) in [5.41, 5.74) is 8.51. The van der Waals surface area contributed by atoms with Gasteiger partial charge in [0.15, 0.2) is 0 Å². The summed E-state index contributed by atoms with van der Waals surface area (Å²) in [6.07, 6.45) is 7.49. The smallest absolute Gasteiger partial charge is 0.425 e. The Morgan fingerprint density at radius 1 is 0.729 bits per heavy atom. The van der Waals surface area contributed by atoms with Crippen LogP contribution < -0.4 is 10.7 Å². The van der Waals surface area contributed by atoms with E-state index in [0.29, 0.717) is 6.54 Å². The zero-order valence-electron chi connectivity index (χ0n) is 34.6. The lowest BCUT2D eigenvalue weighted by molar-refractivity contribution is -0.142. The van der Waals surface area contributed by atoms with Crippen molar-refractivity contribution in [2.24, 2.45) is 11.8 Å². The van der Waals surface area contributed by atoms with Crippen molar-refractivity contribution in [1.82, 2.24) is 40.6 Å². The van der Waals surface area contributed by atoms with Gasteiger partial charge in [-0.15, -0.1) is 0 Å². The van der Waals surface area contributed by atoms with Crippen molar-refractivity contribution in [3.8, 4) is 33.6 Å². The van der Waals surface area contributed by atoms with E-state index in [1.807, 2.05) is 45.0 Å². The van der Waals surface area contributed by atoms with E-state index < -0.39 is 18.2 Å². The van der Waals surface area contributed by atoms with Crippen LogP contribution in [0, 0.1) is 11.8 Å². The predicted octanol–water partition coefficient (Wildman–Crippen LogP) is 8.11. The first-order chi connectivity index (χ1) is 28.4. The van der Waals surface area contributed by atoms with E-state index in [9.17, 15) is 19.2 Å². The van der Waals surface area contributed by atoms with Crippen LogP contribution in [-0.2, 0) is 19.1 Å². The molecule has 1 aliphatic carbocycles. The molecule has 7 rings (SSSR count). The number of benzene rings is 3. The van der Waals surface area contributed by atoms with Crippen LogP contribution in [0.3, 0.4) is 0 Å². The second-order valence-corrected chi connectivity index (χ2v) is 16.2. The first-order valence-electron chi connectivity index (χ1n) is 20.5. The molecular formula is C45H54N8O6. The molecule has 0 radical (unpaired) electrons. The quantitative estimate of drug-likeness (QED) is 0.102. The maximum Gasteiger partial charge on any atom is 0.425 e. The van der Waals surface area contributed by atoms with Crippen LogP contribution in [0.4, 0.5) is 9.59 Å². The van der Waals surface area contributed by atoms with Gasteiger partial charge in [0.25, 0.3) is 0 Å². The number of H-pyrrole nitrogens is 2. The van der Waals surface area contributed by atoms with Crippen molar-refractivity contribution in [3.05, 3.63) is 84.7 Å². The molecule has 4 amide bonds. The topological polar surface area (TPSA) is 175 Å². The zero-order valence-corrected chi connectivity index (χ0v) is 34.6. The standard InChI is InChI=1S/C45H54N8O6/c1-26(2)39(50-44(56)58-5)43(55)52-21-9-12-38(52)41-47-24-36(49-41)29-15-13-28(14-16-29)30-17-18-32-23-33(20-19-31(32)22-30)37-25-46-40(48-37)34-10-7-8-11-35(34)42(54)53(27(3)4)51-45(57)59-6/h13-20,22-27,34-35,38-39H,7-12,21H2,1-6H3,(H,46,48)(H,47,49)(H,50,56)(H,51,57)/t34-,35+,38?,39?/m0/s1. The Morgan fingerprint density at radius 3 is 2.00 bits per heavy atom. The molecule has 1 saturated heterocycles. The Balaban J connectivity index is 1.03. The van der Waals surface area contributed by atoms with Gasteiger partial charge in [0.2, 0.25) is 11.8 Å². The maximum absolute atomic E-state index is 13.7. The number of ether oxygens (including phenoxy) is 2. The second kappa shape index (κ2) is 17.8. The molecule has 1 saturated carbocycles. The van der Waals surface area contributed by atoms with Crippen molar-refractivity contribution in [1.29, 1.82) is 0 Å². The monoisotopic (exact) mass is 802 g/mol. The minimum Gasteiger partial charge on any atom is -0.453 e. The number of hydrazine groups is 1. The number of nitrogens with one attached hydrogen (secondary N) is 4. The lowest BCUT2D eigenvalue weighted by atomic mass is 9.78. The van der Waals surface area contributed by atoms with Crippen LogP contribution in [0.15, 0.2) is 73.1 Å². The Labute approximate surface area is 344 Å². The number of carbonyl (C=O) groups excluding carboxylic acids is 4. The van der Waals surface area contributed by atoms with Gasteiger partial charge in [0, 0.05) is 30.0 Å². The SMILES string of the molecule is COC(=O)NC(C(=O)N1CCCC1c1ncc(-c2ccc(-c3ccc4cc(-c5cnc([C@H]6CCCC[C@H]6C(=O)N(NC(=O)OC)C(C)C)[nH]5)ccc4c3)cc2)[nH]1)C(C)C. The van der Waals surface area contributed by atoms with E-state index >= 15 is 0 Å². The molecule has 5 aromatic rings. The van der Waals surface area contributed by atoms with Crippen molar-refractivity contribution in [3.63, 3.8) is 0 Å². The highest BCUT2D eigenvalue weighted by molar-refractivity contribution is 5.91. The maximum atomic E-state index is 13.7. The van der Waals surface area contributed by atoms with Gasteiger partial charge in [-0.1, -0.05) is 75.2 Å². The highest BCUT2D eigenvalue weighted by atomic mass is 16.5. The van der Waals surface area contributed by atoms with Crippen molar-refractivity contribution in [2.45, 2.75) is 90.3 Å². The fourth-order valence-corrected chi connectivity index (χ4v) is 8.47. The molecule has 3 heterocycles. The summed E-state index contributed by atoms with van der Waals surface area (Å²) in [5.74, 6) is 0.732. The molecule has 14 nitrogen and oxygen atoms in total. The molecule has 0 bridgehead atoms. The molecule has 4 N–H and O–H groups in total. The van der Waals surface area contributed by atoms with Gasteiger partial charge in [0.05, 0.1) is 44.0 Å². The molecule has 59 heavy (non-hydrogen) atoms. The summed E-state index contributed by atoms with van der Waals surface area (Å²) in [6, 6.07) is 20.0. The highest BCUT2D eigenvalue weighted by Gasteiger charge is 2.39. The van der Waals surface area contributed by atoms with Crippen LogP contribution in [0.2, 0.25) is 0 Å². The van der Waals surface area contributed by atoms with Crippen LogP contribution in [-0.4, -0.2) is 86.7 Å². The van der Waals surface area contributed by atoms with E-state index in [0.717, 1.165) is 94.6 Å². The Morgan fingerprint density at radius 2 is 1.32 bits per heavy atom. The second-order valence-electron chi connectivity index (χ2n) is 16.2. The molecule has 4 atom stereocenters.